The van der Waals surface area contributed by atoms with E-state index >= 15 is 0 Å². The predicted octanol–water partition coefficient (Wildman–Crippen LogP) is 4.36. The van der Waals surface area contributed by atoms with Gasteiger partial charge in [-0.1, -0.05) is 30.2 Å². The van der Waals surface area contributed by atoms with Gasteiger partial charge >= 0.3 is 0 Å². The highest BCUT2D eigenvalue weighted by atomic mass is 16.2. The van der Waals surface area contributed by atoms with Crippen LogP contribution in [-0.2, 0) is 11.3 Å². The average Bonchev–Trinajstić information content (AvgIpc) is 3.85. The van der Waals surface area contributed by atoms with E-state index in [1.807, 2.05) is 24.3 Å². The highest BCUT2D eigenvalue weighted by Crippen LogP contribution is 2.30. The molecule has 0 atom stereocenters. The zero-order valence-electron chi connectivity index (χ0n) is 23.7. The molecular weight excluding hydrogens is 524 g/mol. The van der Waals surface area contributed by atoms with Gasteiger partial charge in [0.2, 0.25) is 11.9 Å². The van der Waals surface area contributed by atoms with E-state index in [1.54, 1.807) is 24.5 Å². The van der Waals surface area contributed by atoms with Crippen LogP contribution in [0, 0.1) is 17.8 Å². The van der Waals surface area contributed by atoms with Crippen LogP contribution in [0.3, 0.4) is 0 Å². The van der Waals surface area contributed by atoms with E-state index in [-0.39, 0.29) is 11.8 Å². The quantitative estimate of drug-likeness (QED) is 0.287. The minimum atomic E-state index is 0.0643. The Kier molecular flexibility index (Phi) is 8.08. The Morgan fingerprint density at radius 1 is 0.952 bits per heavy atom. The summed E-state index contributed by atoms with van der Waals surface area (Å²) >= 11 is 0. The molecule has 1 saturated carbocycles. The molecule has 3 heterocycles. The van der Waals surface area contributed by atoms with Gasteiger partial charge in [0.05, 0.1) is 0 Å². The number of amides is 1. The second kappa shape index (κ2) is 12.4. The minimum absolute atomic E-state index is 0.0643. The molecule has 9 heteroatoms. The molecule has 0 radical (unpaired) electrons. The number of hydrogen-bond donors (Lipinski definition) is 3. The van der Waals surface area contributed by atoms with Gasteiger partial charge in [-0.25, -0.2) is 9.97 Å². The molecule has 212 valence electrons. The second-order valence-corrected chi connectivity index (χ2v) is 10.9. The highest BCUT2D eigenvalue weighted by Gasteiger charge is 2.29. The van der Waals surface area contributed by atoms with Crippen molar-refractivity contribution >= 4 is 29.0 Å². The van der Waals surface area contributed by atoms with Gasteiger partial charge in [0.25, 0.3) is 0 Å². The Labute approximate surface area is 246 Å². The van der Waals surface area contributed by atoms with Crippen molar-refractivity contribution in [3.05, 3.63) is 89.9 Å². The number of piperazine rings is 1. The molecule has 1 amide bonds. The van der Waals surface area contributed by atoms with Gasteiger partial charge in [-0.2, -0.15) is 4.98 Å². The first-order valence-corrected chi connectivity index (χ1v) is 14.3. The molecule has 4 aromatic rings. The van der Waals surface area contributed by atoms with E-state index in [9.17, 15) is 4.79 Å². The summed E-state index contributed by atoms with van der Waals surface area (Å²) in [5.41, 5.74) is 12.4. The summed E-state index contributed by atoms with van der Waals surface area (Å²) in [6.07, 6.45) is 5.34. The number of likely N-dealkylation sites (N-methyl/N-ethyl adjacent to an activating group) is 1. The lowest BCUT2D eigenvalue weighted by molar-refractivity contribution is -0.117. The van der Waals surface area contributed by atoms with Gasteiger partial charge in [-0.05, 0) is 73.3 Å². The molecule has 0 unspecified atom stereocenters. The summed E-state index contributed by atoms with van der Waals surface area (Å²) in [5.74, 6) is 7.25. The predicted molar refractivity (Wildman–Crippen MR) is 166 cm³/mol. The zero-order chi connectivity index (χ0) is 28.9. The number of nitrogens with one attached hydrogen (secondary N) is 2. The largest absolute Gasteiger partial charge is 0.383 e. The van der Waals surface area contributed by atoms with Crippen LogP contribution in [0.25, 0.3) is 11.1 Å². The molecule has 9 nitrogen and oxygen atoms in total. The zero-order valence-corrected chi connectivity index (χ0v) is 23.7. The van der Waals surface area contributed by atoms with Crippen molar-refractivity contribution in [2.75, 3.05) is 49.6 Å². The summed E-state index contributed by atoms with van der Waals surface area (Å²) < 4.78 is 0. The molecule has 2 aliphatic rings. The van der Waals surface area contributed by atoms with Crippen molar-refractivity contribution in [1.82, 2.24) is 24.8 Å². The molecule has 4 N–H and O–H groups in total. The van der Waals surface area contributed by atoms with Crippen molar-refractivity contribution in [1.29, 1.82) is 0 Å². The average molecular weight is 559 g/mol. The molecular formula is C33H34N8O. The maximum absolute atomic E-state index is 12.0. The van der Waals surface area contributed by atoms with Crippen molar-refractivity contribution in [3.8, 4) is 23.0 Å². The molecule has 1 saturated heterocycles. The Balaban J connectivity index is 1.05. The molecule has 2 aromatic heterocycles. The molecule has 42 heavy (non-hydrogen) atoms. The van der Waals surface area contributed by atoms with Crippen molar-refractivity contribution in [2.24, 2.45) is 5.92 Å². The third-order valence-electron chi connectivity index (χ3n) is 7.54. The molecule has 0 spiro atoms. The molecule has 0 bridgehead atoms. The number of carbonyl (C=O) groups is 1. The number of carbonyl (C=O) groups excluding carboxylic acids is 1. The second-order valence-electron chi connectivity index (χ2n) is 10.9. The van der Waals surface area contributed by atoms with E-state index in [0.29, 0.717) is 23.1 Å². The monoisotopic (exact) mass is 558 g/mol. The lowest BCUT2D eigenvalue weighted by Crippen LogP contribution is -2.43. The van der Waals surface area contributed by atoms with E-state index in [1.165, 1.54) is 5.56 Å². The van der Waals surface area contributed by atoms with E-state index < -0.39 is 0 Å². The number of nitrogens with two attached hydrogens (primary N) is 1. The normalized spacial score (nSPS) is 15.5. The van der Waals surface area contributed by atoms with E-state index in [2.05, 4.69) is 78.5 Å². The summed E-state index contributed by atoms with van der Waals surface area (Å²) in [5, 5.41) is 6.14. The molecule has 6 rings (SSSR count). The van der Waals surface area contributed by atoms with Crippen LogP contribution in [-0.4, -0.2) is 63.9 Å². The number of pyridine rings is 1. The fourth-order valence-corrected chi connectivity index (χ4v) is 4.80. The number of aromatic nitrogens is 3. The number of benzene rings is 2. The smallest absolute Gasteiger partial charge is 0.229 e. The third-order valence-corrected chi connectivity index (χ3v) is 7.54. The van der Waals surface area contributed by atoms with Gasteiger partial charge in [0.1, 0.15) is 11.5 Å². The maximum Gasteiger partial charge on any atom is 0.229 e. The van der Waals surface area contributed by atoms with Crippen LogP contribution in [0.1, 0.15) is 29.7 Å². The number of anilines is 4. The first-order chi connectivity index (χ1) is 20.5. The topological polar surface area (TPSA) is 112 Å². The van der Waals surface area contributed by atoms with Crippen LogP contribution < -0.4 is 16.4 Å². The van der Waals surface area contributed by atoms with E-state index in [4.69, 9.17) is 5.73 Å². The number of nitrogens with zero attached hydrogens (tertiary/aromatic N) is 5. The van der Waals surface area contributed by atoms with Crippen LogP contribution in [0.5, 0.6) is 0 Å². The van der Waals surface area contributed by atoms with Crippen LogP contribution in [0.15, 0.2) is 73.1 Å². The Hall–Kier alpha value is -4.78. The van der Waals surface area contributed by atoms with Crippen molar-refractivity contribution in [2.45, 2.75) is 19.4 Å². The van der Waals surface area contributed by atoms with Gasteiger partial charge in [-0.3, -0.25) is 9.69 Å². The fourth-order valence-electron chi connectivity index (χ4n) is 4.80. The minimum Gasteiger partial charge on any atom is -0.383 e. The molecule has 2 aromatic carbocycles. The summed E-state index contributed by atoms with van der Waals surface area (Å²) in [6.45, 7) is 5.37. The van der Waals surface area contributed by atoms with Gasteiger partial charge in [0.15, 0.2) is 0 Å². The number of hydrogen-bond acceptors (Lipinski definition) is 8. The van der Waals surface area contributed by atoms with Crippen LogP contribution in [0.2, 0.25) is 0 Å². The third kappa shape index (κ3) is 7.10. The first kappa shape index (κ1) is 27.4. The number of rotatable bonds is 7. The van der Waals surface area contributed by atoms with Gasteiger partial charge in [0, 0.05) is 73.5 Å². The summed E-state index contributed by atoms with van der Waals surface area (Å²) in [6, 6.07) is 19.7. The van der Waals surface area contributed by atoms with Crippen molar-refractivity contribution in [3.63, 3.8) is 0 Å². The Bertz CT molecular complexity index is 1610. The van der Waals surface area contributed by atoms with E-state index in [0.717, 1.165) is 67.9 Å². The maximum atomic E-state index is 12.0. The first-order valence-electron chi connectivity index (χ1n) is 14.3. The summed E-state index contributed by atoms with van der Waals surface area (Å²) in [4.78, 5) is 30.1. The number of nitrogen functional groups attached to an aromatic ring is 1. The standard InChI is InChI=1S/C33H34N8O/c1-40-16-18-41(19-17-40)22-24-2-7-25(8-3-24)30-21-36-33(39-31(30)34)38-27-11-4-23(5-12-27)6-13-28-20-29(14-15-35-28)37-32(42)26-9-10-26/h2-5,7-8,11-12,14-15,20-21,26H,9-10,16-19,22H2,1H3,(H,35,37,42)(H3,34,36,38,39). The van der Waals surface area contributed by atoms with Crippen LogP contribution in [0.4, 0.5) is 23.1 Å². The SMILES string of the molecule is CN1CCN(Cc2ccc(-c3cnc(Nc4ccc(C#Cc5cc(NC(=O)C6CC6)ccn5)cc4)nc3N)cc2)CC1. The summed E-state index contributed by atoms with van der Waals surface area (Å²) in [7, 11) is 2.17. The van der Waals surface area contributed by atoms with Gasteiger partial charge < -0.3 is 21.3 Å². The van der Waals surface area contributed by atoms with Crippen molar-refractivity contribution < 1.29 is 4.79 Å². The molecule has 1 aliphatic heterocycles. The highest BCUT2D eigenvalue weighted by molar-refractivity contribution is 5.94. The molecule has 2 fully saturated rings. The van der Waals surface area contributed by atoms with Gasteiger partial charge in [-0.15, -0.1) is 0 Å². The Morgan fingerprint density at radius 2 is 1.71 bits per heavy atom. The lowest BCUT2D eigenvalue weighted by atomic mass is 10.1. The molecule has 1 aliphatic carbocycles. The Morgan fingerprint density at radius 3 is 2.43 bits per heavy atom. The lowest BCUT2D eigenvalue weighted by Gasteiger charge is -2.32. The fraction of sp³-hybridized carbons (Fsp3) is 0.273. The van der Waals surface area contributed by atoms with Crippen LogP contribution >= 0.6 is 0 Å².